The van der Waals surface area contributed by atoms with Gasteiger partial charge in [-0.15, -0.1) is 9.24 Å². The van der Waals surface area contributed by atoms with Crippen LogP contribution in [0.5, 0.6) is 0 Å². The van der Waals surface area contributed by atoms with Crippen LogP contribution in [0.15, 0.2) is 54.6 Å². The van der Waals surface area contributed by atoms with Crippen LogP contribution in [0, 0.1) is 0 Å². The molecule has 0 N–H and O–H groups in total. The molecule has 0 saturated carbocycles. The van der Waals surface area contributed by atoms with Gasteiger partial charge in [-0.1, -0.05) is 54.6 Å². The predicted molar refractivity (Wildman–Crippen MR) is 70.8 cm³/mol. The highest BCUT2D eigenvalue weighted by Gasteiger charge is 2.00. The second kappa shape index (κ2) is 3.32. The molecule has 0 bridgehead atoms. The van der Waals surface area contributed by atoms with E-state index in [0.29, 0.717) is 0 Å². The summed E-state index contributed by atoms with van der Waals surface area (Å²) in [5, 5.41) is 6.56. The monoisotopic (exact) mass is 210 g/mol. The molecule has 0 heterocycles. The van der Waals surface area contributed by atoms with Crippen molar-refractivity contribution in [2.45, 2.75) is 0 Å². The van der Waals surface area contributed by atoms with E-state index < -0.39 is 0 Å². The van der Waals surface area contributed by atoms with Gasteiger partial charge in [-0.2, -0.15) is 0 Å². The largest absolute Gasteiger partial charge is 0.105 e. The fraction of sp³-hybridized carbons (Fsp3) is 0. The van der Waals surface area contributed by atoms with E-state index in [2.05, 4.69) is 63.8 Å². The minimum absolute atomic E-state index is 1.26. The van der Waals surface area contributed by atoms with Crippen molar-refractivity contribution in [2.75, 3.05) is 0 Å². The summed E-state index contributed by atoms with van der Waals surface area (Å²) in [6.45, 7) is 0. The van der Waals surface area contributed by atoms with Crippen molar-refractivity contribution >= 4 is 36.1 Å². The Labute approximate surface area is 91.1 Å². The Kier molecular flexibility index (Phi) is 1.97. The molecule has 0 radical (unpaired) electrons. The van der Waals surface area contributed by atoms with Gasteiger partial charge in [-0.05, 0) is 26.8 Å². The summed E-state index contributed by atoms with van der Waals surface area (Å²) in [5.41, 5.74) is 0. The molecule has 72 valence electrons. The first-order chi connectivity index (χ1) is 7.36. The average Bonchev–Trinajstić information content (AvgIpc) is 2.29. The zero-order chi connectivity index (χ0) is 10.3. The van der Waals surface area contributed by atoms with E-state index in [9.17, 15) is 0 Å². The average molecular weight is 210 g/mol. The highest BCUT2D eigenvalue weighted by molar-refractivity contribution is 7.28. The molecule has 3 aromatic carbocycles. The van der Waals surface area contributed by atoms with Crippen molar-refractivity contribution in [2.24, 2.45) is 0 Å². The van der Waals surface area contributed by atoms with Crippen molar-refractivity contribution < 1.29 is 0 Å². The highest BCUT2D eigenvalue weighted by Crippen LogP contribution is 2.24. The predicted octanol–water partition coefficient (Wildman–Crippen LogP) is 3.49. The van der Waals surface area contributed by atoms with Gasteiger partial charge >= 0.3 is 0 Å². The Bertz CT molecular complexity index is 641. The van der Waals surface area contributed by atoms with E-state index in [4.69, 9.17) is 0 Å². The molecule has 1 atom stereocenters. The van der Waals surface area contributed by atoms with E-state index in [-0.39, 0.29) is 0 Å². The number of hydrogen-bond acceptors (Lipinski definition) is 0. The molecule has 0 aromatic heterocycles. The van der Waals surface area contributed by atoms with Gasteiger partial charge < -0.3 is 0 Å². The molecular formula is C14H11P. The summed E-state index contributed by atoms with van der Waals surface area (Å²) in [5.74, 6) is 0. The maximum atomic E-state index is 2.79. The van der Waals surface area contributed by atoms with Crippen molar-refractivity contribution in [1.82, 2.24) is 0 Å². The molecule has 0 saturated heterocycles. The van der Waals surface area contributed by atoms with Gasteiger partial charge in [0.05, 0.1) is 0 Å². The lowest BCUT2D eigenvalue weighted by atomic mass is 10.0. The third kappa shape index (κ3) is 1.33. The van der Waals surface area contributed by atoms with Gasteiger partial charge in [0.2, 0.25) is 0 Å². The Morgan fingerprint density at radius 1 is 0.600 bits per heavy atom. The SMILES string of the molecule is Pc1cccc2c1ccc1ccccc12. The fourth-order valence-corrected chi connectivity index (χ4v) is 2.43. The van der Waals surface area contributed by atoms with Crippen LogP contribution in [0.4, 0.5) is 0 Å². The zero-order valence-corrected chi connectivity index (χ0v) is 9.43. The molecular weight excluding hydrogens is 199 g/mol. The molecule has 0 aliphatic carbocycles. The van der Waals surface area contributed by atoms with Crippen molar-refractivity contribution in [3.8, 4) is 0 Å². The molecule has 3 rings (SSSR count). The molecule has 3 aromatic rings. The van der Waals surface area contributed by atoms with Gasteiger partial charge in [0.25, 0.3) is 0 Å². The van der Waals surface area contributed by atoms with Crippen LogP contribution in [0.3, 0.4) is 0 Å². The molecule has 0 spiro atoms. The van der Waals surface area contributed by atoms with Crippen LogP contribution in [-0.4, -0.2) is 0 Å². The van der Waals surface area contributed by atoms with Crippen molar-refractivity contribution in [3.05, 3.63) is 54.6 Å². The standard InChI is InChI=1S/C14H11P/c15-14-7-3-6-12-11-5-2-1-4-10(11)8-9-13(12)14/h1-9H,15H2. The van der Waals surface area contributed by atoms with Crippen LogP contribution in [0.2, 0.25) is 0 Å². The Morgan fingerprint density at radius 2 is 1.40 bits per heavy atom. The Morgan fingerprint density at radius 3 is 2.33 bits per heavy atom. The van der Waals surface area contributed by atoms with Crippen LogP contribution in [-0.2, 0) is 0 Å². The maximum Gasteiger partial charge on any atom is -0.00992 e. The van der Waals surface area contributed by atoms with Gasteiger partial charge in [0.15, 0.2) is 0 Å². The quantitative estimate of drug-likeness (QED) is 0.393. The zero-order valence-electron chi connectivity index (χ0n) is 8.27. The lowest BCUT2D eigenvalue weighted by Gasteiger charge is -2.05. The van der Waals surface area contributed by atoms with E-state index in [1.54, 1.807) is 0 Å². The molecule has 0 nitrogen and oxygen atoms in total. The number of hydrogen-bond donors (Lipinski definition) is 0. The summed E-state index contributed by atoms with van der Waals surface area (Å²) in [6, 6.07) is 19.3. The minimum atomic E-state index is 1.26. The second-order valence-electron chi connectivity index (χ2n) is 3.73. The minimum Gasteiger partial charge on any atom is -0.105 e. The van der Waals surface area contributed by atoms with Gasteiger partial charge in [-0.3, -0.25) is 0 Å². The number of benzene rings is 3. The van der Waals surface area contributed by atoms with Gasteiger partial charge in [0, 0.05) is 0 Å². The summed E-state index contributed by atoms with van der Waals surface area (Å²) >= 11 is 0. The normalized spacial score (nSPS) is 11.0. The first-order valence-electron chi connectivity index (χ1n) is 5.02. The summed E-state index contributed by atoms with van der Waals surface area (Å²) in [6.07, 6.45) is 0. The van der Waals surface area contributed by atoms with Crippen LogP contribution in [0.25, 0.3) is 21.5 Å². The van der Waals surface area contributed by atoms with E-state index in [0.717, 1.165) is 0 Å². The third-order valence-electron chi connectivity index (χ3n) is 2.82. The molecule has 0 aliphatic heterocycles. The van der Waals surface area contributed by atoms with E-state index in [1.165, 1.54) is 26.8 Å². The lowest BCUT2D eigenvalue weighted by molar-refractivity contribution is 1.79. The third-order valence-corrected chi connectivity index (χ3v) is 3.32. The molecule has 0 amide bonds. The second-order valence-corrected chi connectivity index (χ2v) is 4.35. The molecule has 15 heavy (non-hydrogen) atoms. The van der Waals surface area contributed by atoms with Crippen LogP contribution < -0.4 is 5.30 Å². The van der Waals surface area contributed by atoms with E-state index in [1.807, 2.05) is 0 Å². The molecule has 0 fully saturated rings. The Balaban J connectivity index is 2.60. The highest BCUT2D eigenvalue weighted by atomic mass is 31.0. The van der Waals surface area contributed by atoms with Gasteiger partial charge in [0.1, 0.15) is 0 Å². The summed E-state index contributed by atoms with van der Waals surface area (Å²) < 4.78 is 0. The number of fused-ring (bicyclic) bond motifs is 3. The fourth-order valence-electron chi connectivity index (χ4n) is 2.06. The molecule has 1 heteroatoms. The Hall–Kier alpha value is -1.39. The van der Waals surface area contributed by atoms with Gasteiger partial charge in [-0.25, -0.2) is 0 Å². The van der Waals surface area contributed by atoms with Crippen molar-refractivity contribution in [3.63, 3.8) is 0 Å². The molecule has 0 aliphatic rings. The van der Waals surface area contributed by atoms with Crippen molar-refractivity contribution in [1.29, 1.82) is 0 Å². The number of rotatable bonds is 0. The first kappa shape index (κ1) is 8.88. The first-order valence-corrected chi connectivity index (χ1v) is 5.60. The van der Waals surface area contributed by atoms with Crippen LogP contribution >= 0.6 is 9.24 Å². The topological polar surface area (TPSA) is 0 Å². The van der Waals surface area contributed by atoms with E-state index >= 15 is 0 Å². The maximum absolute atomic E-state index is 2.79. The van der Waals surface area contributed by atoms with Crippen LogP contribution in [0.1, 0.15) is 0 Å². The smallest absolute Gasteiger partial charge is 0.00992 e. The summed E-state index contributed by atoms with van der Waals surface area (Å²) in [4.78, 5) is 0. The lowest BCUT2D eigenvalue weighted by Crippen LogP contribution is -1.91. The summed E-state index contributed by atoms with van der Waals surface area (Å²) in [7, 11) is 2.79. The molecule has 1 unspecified atom stereocenters.